The topological polar surface area (TPSA) is 52.0 Å². The summed E-state index contributed by atoms with van der Waals surface area (Å²) in [6, 6.07) is 1.50. The number of aryl methyl sites for hydroxylation is 1. The Morgan fingerprint density at radius 2 is 2.23 bits per heavy atom. The van der Waals surface area contributed by atoms with Gasteiger partial charge in [-0.05, 0) is 6.92 Å². The van der Waals surface area contributed by atoms with E-state index in [4.69, 9.17) is 0 Å². The van der Waals surface area contributed by atoms with E-state index in [2.05, 4.69) is 4.98 Å². The Kier molecular flexibility index (Phi) is 1.76. The van der Waals surface area contributed by atoms with Crippen LogP contribution in [0.15, 0.2) is 10.9 Å². The van der Waals surface area contributed by atoms with Crippen LogP contribution in [0.3, 0.4) is 0 Å². The second kappa shape index (κ2) is 2.80. The van der Waals surface area contributed by atoms with Crippen molar-refractivity contribution < 1.29 is 4.79 Å². The van der Waals surface area contributed by atoms with Gasteiger partial charge in [0.15, 0.2) is 0 Å². The third-order valence-corrected chi connectivity index (χ3v) is 2.18. The lowest BCUT2D eigenvalue weighted by molar-refractivity contribution is -0.119. The molecule has 0 aliphatic carbocycles. The molecule has 0 bridgehead atoms. The molecule has 0 unspecified atom stereocenters. The highest BCUT2D eigenvalue weighted by Crippen LogP contribution is 2.06. The molecule has 0 saturated carbocycles. The number of carbonyl (C=O) groups is 1. The Balaban J connectivity index is 2.59. The summed E-state index contributed by atoms with van der Waals surface area (Å²) in [5.74, 6) is 0.777. The molecule has 1 aromatic rings. The maximum atomic E-state index is 11.4. The number of Topliss-reactive ketones (excluding diaryl/α,β-unsaturated/α-hetero) is 1. The number of fused-ring (bicyclic) bond motifs is 1. The highest BCUT2D eigenvalue weighted by atomic mass is 16.1. The molecule has 0 atom stereocenters. The van der Waals surface area contributed by atoms with Crippen molar-refractivity contribution >= 4 is 5.78 Å². The van der Waals surface area contributed by atoms with E-state index in [0.717, 1.165) is 0 Å². The molecule has 4 nitrogen and oxygen atoms in total. The van der Waals surface area contributed by atoms with Gasteiger partial charge in [-0.1, -0.05) is 0 Å². The van der Waals surface area contributed by atoms with Crippen LogP contribution in [0.5, 0.6) is 0 Å². The van der Waals surface area contributed by atoms with Crippen molar-refractivity contribution in [1.82, 2.24) is 9.55 Å². The van der Waals surface area contributed by atoms with Crippen LogP contribution in [-0.4, -0.2) is 15.3 Å². The average molecular weight is 178 g/mol. The highest BCUT2D eigenvalue weighted by Gasteiger charge is 2.17. The first-order valence-corrected chi connectivity index (χ1v) is 4.26. The minimum Gasteiger partial charge on any atom is -0.299 e. The summed E-state index contributed by atoms with van der Waals surface area (Å²) >= 11 is 0. The molecule has 68 valence electrons. The van der Waals surface area contributed by atoms with E-state index < -0.39 is 0 Å². The Morgan fingerprint density at radius 3 is 3.00 bits per heavy atom. The molecule has 13 heavy (non-hydrogen) atoms. The number of hydrogen-bond acceptors (Lipinski definition) is 3. The smallest absolute Gasteiger partial charge is 0.253 e. The van der Waals surface area contributed by atoms with Crippen LogP contribution in [0.1, 0.15) is 17.9 Å². The lowest BCUT2D eigenvalue weighted by Gasteiger charge is -2.16. The molecule has 2 heterocycles. The summed E-state index contributed by atoms with van der Waals surface area (Å²) in [5, 5.41) is 0. The Bertz CT molecular complexity index is 420. The second-order valence-corrected chi connectivity index (χ2v) is 3.27. The number of ketones is 1. The molecule has 0 fully saturated rings. The van der Waals surface area contributed by atoms with E-state index in [-0.39, 0.29) is 11.3 Å². The number of carbonyl (C=O) groups excluding carboxylic acids is 1. The molecule has 0 spiro atoms. The van der Waals surface area contributed by atoms with Crippen molar-refractivity contribution in [3.05, 3.63) is 27.9 Å². The van der Waals surface area contributed by atoms with E-state index in [9.17, 15) is 9.59 Å². The van der Waals surface area contributed by atoms with E-state index >= 15 is 0 Å². The van der Waals surface area contributed by atoms with Crippen LogP contribution in [0.25, 0.3) is 0 Å². The molecule has 4 heteroatoms. The maximum Gasteiger partial charge on any atom is 0.253 e. The van der Waals surface area contributed by atoms with Gasteiger partial charge in [0.1, 0.15) is 11.6 Å². The summed E-state index contributed by atoms with van der Waals surface area (Å²) < 4.78 is 1.58. The zero-order valence-corrected chi connectivity index (χ0v) is 7.41. The Morgan fingerprint density at radius 1 is 1.46 bits per heavy atom. The number of hydrogen-bond donors (Lipinski definition) is 0. The lowest BCUT2D eigenvalue weighted by Crippen LogP contribution is -2.31. The predicted octanol–water partition coefficient (Wildman–Crippen LogP) is 0.0670. The SMILES string of the molecule is Cc1cc(=O)n2c(n1)CC(=O)CC2. The zero-order chi connectivity index (χ0) is 9.42. The van der Waals surface area contributed by atoms with E-state index in [1.807, 2.05) is 0 Å². The first kappa shape index (κ1) is 8.16. The molecule has 0 N–H and O–H groups in total. The predicted molar refractivity (Wildman–Crippen MR) is 46.6 cm³/mol. The van der Waals surface area contributed by atoms with Crippen LogP contribution >= 0.6 is 0 Å². The molecule has 1 aliphatic heterocycles. The monoisotopic (exact) mass is 178 g/mol. The standard InChI is InChI=1S/C9H10N2O2/c1-6-4-9(13)11-3-2-7(12)5-8(11)10-6/h4H,2-3,5H2,1H3. The molecule has 1 aliphatic rings. The quantitative estimate of drug-likeness (QED) is 0.564. The molecule has 1 aromatic heterocycles. The fourth-order valence-electron chi connectivity index (χ4n) is 1.56. The van der Waals surface area contributed by atoms with Crippen LogP contribution in [0.2, 0.25) is 0 Å². The molecule has 0 aromatic carbocycles. The van der Waals surface area contributed by atoms with Crippen molar-refractivity contribution in [3.63, 3.8) is 0 Å². The highest BCUT2D eigenvalue weighted by molar-refractivity contribution is 5.80. The molecule has 2 rings (SSSR count). The van der Waals surface area contributed by atoms with Gasteiger partial charge in [0, 0.05) is 24.7 Å². The molecular weight excluding hydrogens is 168 g/mol. The normalized spacial score (nSPS) is 15.6. The first-order valence-electron chi connectivity index (χ1n) is 4.26. The minimum absolute atomic E-state index is 0.0463. The molecule has 0 saturated heterocycles. The summed E-state index contributed by atoms with van der Waals surface area (Å²) in [5.41, 5.74) is 0.640. The molecular formula is C9H10N2O2. The van der Waals surface area contributed by atoms with E-state index in [0.29, 0.717) is 30.9 Å². The van der Waals surface area contributed by atoms with Crippen molar-refractivity contribution in [2.45, 2.75) is 26.3 Å². The maximum absolute atomic E-state index is 11.4. The van der Waals surface area contributed by atoms with Crippen LogP contribution in [-0.2, 0) is 17.8 Å². The van der Waals surface area contributed by atoms with Gasteiger partial charge in [0.25, 0.3) is 5.56 Å². The third kappa shape index (κ3) is 1.39. The fourth-order valence-corrected chi connectivity index (χ4v) is 1.56. The van der Waals surface area contributed by atoms with Crippen molar-refractivity contribution in [1.29, 1.82) is 0 Å². The van der Waals surface area contributed by atoms with Gasteiger partial charge in [-0.2, -0.15) is 0 Å². The summed E-state index contributed by atoms with van der Waals surface area (Å²) in [6.07, 6.45) is 0.758. The second-order valence-electron chi connectivity index (χ2n) is 3.27. The minimum atomic E-state index is -0.0463. The summed E-state index contributed by atoms with van der Waals surface area (Å²) in [6.45, 7) is 2.25. The first-order chi connectivity index (χ1) is 6.16. The Labute approximate surface area is 75.2 Å². The van der Waals surface area contributed by atoms with Gasteiger partial charge in [0.2, 0.25) is 0 Å². The summed E-state index contributed by atoms with van der Waals surface area (Å²) in [7, 11) is 0. The number of nitrogens with zero attached hydrogens (tertiary/aromatic N) is 2. The van der Waals surface area contributed by atoms with Crippen molar-refractivity contribution in [2.75, 3.05) is 0 Å². The van der Waals surface area contributed by atoms with Gasteiger partial charge in [-0.15, -0.1) is 0 Å². The van der Waals surface area contributed by atoms with Gasteiger partial charge in [0.05, 0.1) is 6.42 Å². The van der Waals surface area contributed by atoms with Gasteiger partial charge in [-0.3, -0.25) is 14.2 Å². The molecule has 0 radical (unpaired) electrons. The van der Waals surface area contributed by atoms with Crippen LogP contribution in [0.4, 0.5) is 0 Å². The Hall–Kier alpha value is -1.45. The lowest BCUT2D eigenvalue weighted by atomic mass is 10.1. The average Bonchev–Trinajstić information content (AvgIpc) is 2.02. The number of aromatic nitrogens is 2. The zero-order valence-electron chi connectivity index (χ0n) is 7.41. The van der Waals surface area contributed by atoms with Gasteiger partial charge >= 0.3 is 0 Å². The number of rotatable bonds is 0. The van der Waals surface area contributed by atoms with Crippen molar-refractivity contribution in [3.8, 4) is 0 Å². The van der Waals surface area contributed by atoms with E-state index in [1.165, 1.54) is 6.07 Å². The summed E-state index contributed by atoms with van der Waals surface area (Å²) in [4.78, 5) is 26.7. The fraction of sp³-hybridized carbons (Fsp3) is 0.444. The van der Waals surface area contributed by atoms with Crippen LogP contribution < -0.4 is 5.56 Å². The van der Waals surface area contributed by atoms with E-state index in [1.54, 1.807) is 11.5 Å². The van der Waals surface area contributed by atoms with Crippen molar-refractivity contribution in [2.24, 2.45) is 0 Å². The molecule has 0 amide bonds. The van der Waals surface area contributed by atoms with Gasteiger partial charge < -0.3 is 0 Å². The van der Waals surface area contributed by atoms with Crippen LogP contribution in [0, 0.1) is 6.92 Å². The van der Waals surface area contributed by atoms with Gasteiger partial charge in [-0.25, -0.2) is 4.98 Å². The largest absolute Gasteiger partial charge is 0.299 e. The third-order valence-electron chi connectivity index (χ3n) is 2.18.